The van der Waals surface area contributed by atoms with Crippen LogP contribution < -0.4 is 5.32 Å². The summed E-state index contributed by atoms with van der Waals surface area (Å²) in [6, 6.07) is -0.269. The molecule has 78 valence electrons. The lowest BCUT2D eigenvalue weighted by Gasteiger charge is -1.99. The van der Waals surface area contributed by atoms with Crippen molar-refractivity contribution < 1.29 is 24.3 Å². The van der Waals surface area contributed by atoms with Gasteiger partial charge in [-0.2, -0.15) is 0 Å². The first-order valence-electron chi connectivity index (χ1n) is 3.80. The minimum Gasteiger partial charge on any atom is -0.480 e. The van der Waals surface area contributed by atoms with Crippen LogP contribution in [0.4, 0.5) is 0 Å². The Kier molecular flexibility index (Phi) is 5.17. The zero-order valence-corrected chi connectivity index (χ0v) is 8.20. The van der Waals surface area contributed by atoms with Gasteiger partial charge in [-0.25, -0.2) is 0 Å². The summed E-state index contributed by atoms with van der Waals surface area (Å²) in [5.74, 6) is -0.720. The molecule has 1 heterocycles. The topological polar surface area (TPSA) is 107 Å². The third-order valence-corrected chi connectivity index (χ3v) is 1.36. The molecule has 6 nitrogen and oxygen atoms in total. The maximum Gasteiger partial charge on any atom is 0.322 e. The molecule has 1 rings (SSSR count). The molecule has 1 saturated heterocycles. The first-order valence-corrected chi connectivity index (χ1v) is 5.86. The summed E-state index contributed by atoms with van der Waals surface area (Å²) in [4.78, 5) is 25.4. The number of carbonyl (C=O) groups is 1. The molecule has 1 atom stereocenters. The highest BCUT2D eigenvalue weighted by molar-refractivity contribution is 7.50. The molecule has 0 aliphatic carbocycles. The first kappa shape index (κ1) is 12.6. The lowest BCUT2D eigenvalue weighted by Crippen LogP contribution is -2.29. The molecule has 0 aromatic carbocycles. The van der Waals surface area contributed by atoms with Crippen molar-refractivity contribution in [3.8, 4) is 0 Å². The zero-order chi connectivity index (χ0) is 10.5. The minimum absolute atomic E-state index is 0.269. The summed E-state index contributed by atoms with van der Waals surface area (Å²) in [5, 5.41) is 11.2. The van der Waals surface area contributed by atoms with E-state index in [0.717, 1.165) is 26.1 Å². The van der Waals surface area contributed by atoms with Gasteiger partial charge < -0.3 is 20.2 Å². The van der Waals surface area contributed by atoms with E-state index in [9.17, 15) is 9.36 Å². The van der Waals surface area contributed by atoms with Crippen LogP contribution in [0.15, 0.2) is 0 Å². The van der Waals surface area contributed by atoms with Gasteiger partial charge in [-0.15, -0.1) is 0 Å². The lowest BCUT2D eigenvalue weighted by molar-refractivity contribution is -0.139. The van der Waals surface area contributed by atoms with Crippen molar-refractivity contribution in [1.29, 1.82) is 0 Å². The highest BCUT2D eigenvalue weighted by Gasteiger charge is 2.20. The van der Waals surface area contributed by atoms with E-state index in [4.69, 9.17) is 14.9 Å². The fourth-order valence-electron chi connectivity index (χ4n) is 0.895. The zero-order valence-electron chi connectivity index (χ0n) is 7.30. The standard InChI is InChI=1S/C5H9NO2.CH5O3P/c7-5(8)4-2-1-3-6-4;1-5(2,3)4/h4,6H,1-3H2,(H,7,8);1H3,(H2,2,3,4)/t4-;/m0./s1. The van der Waals surface area contributed by atoms with Crippen molar-refractivity contribution in [3.05, 3.63) is 0 Å². The number of hydrogen-bond acceptors (Lipinski definition) is 3. The van der Waals surface area contributed by atoms with Crippen molar-refractivity contribution in [2.75, 3.05) is 13.2 Å². The molecule has 1 fully saturated rings. The smallest absolute Gasteiger partial charge is 0.322 e. The van der Waals surface area contributed by atoms with Crippen molar-refractivity contribution in [2.45, 2.75) is 18.9 Å². The molecule has 0 unspecified atom stereocenters. The van der Waals surface area contributed by atoms with E-state index in [1.54, 1.807) is 0 Å². The van der Waals surface area contributed by atoms with Crippen molar-refractivity contribution in [2.24, 2.45) is 0 Å². The molecule has 0 amide bonds. The molecule has 7 heteroatoms. The third kappa shape index (κ3) is 9.49. The van der Waals surface area contributed by atoms with Crippen molar-refractivity contribution >= 4 is 13.6 Å². The Morgan fingerprint density at radius 2 is 2.00 bits per heavy atom. The van der Waals surface area contributed by atoms with Gasteiger partial charge in [0.2, 0.25) is 0 Å². The Balaban J connectivity index is 0.000000252. The largest absolute Gasteiger partial charge is 0.480 e. The fraction of sp³-hybridized carbons (Fsp3) is 0.833. The van der Waals surface area contributed by atoms with Gasteiger partial charge in [0.05, 0.1) is 0 Å². The van der Waals surface area contributed by atoms with E-state index < -0.39 is 13.6 Å². The minimum atomic E-state index is -3.64. The van der Waals surface area contributed by atoms with Gasteiger partial charge in [-0.3, -0.25) is 9.36 Å². The summed E-state index contributed by atoms with van der Waals surface area (Å²) in [6.45, 7) is 1.71. The molecule has 4 N–H and O–H groups in total. The average molecular weight is 211 g/mol. The van der Waals surface area contributed by atoms with Gasteiger partial charge in [0.25, 0.3) is 0 Å². The molecular formula is C6H14NO5P. The number of nitrogens with one attached hydrogen (secondary N) is 1. The Hall–Kier alpha value is -0.420. The molecule has 0 aromatic rings. The second-order valence-electron chi connectivity index (χ2n) is 2.82. The monoisotopic (exact) mass is 211 g/mol. The van der Waals surface area contributed by atoms with E-state index >= 15 is 0 Å². The van der Waals surface area contributed by atoms with E-state index in [-0.39, 0.29) is 6.04 Å². The van der Waals surface area contributed by atoms with E-state index in [1.165, 1.54) is 0 Å². The lowest BCUT2D eigenvalue weighted by atomic mass is 10.2. The van der Waals surface area contributed by atoms with Crippen LogP contribution in [-0.4, -0.2) is 40.1 Å². The Bertz CT molecular complexity index is 199. The van der Waals surface area contributed by atoms with E-state index in [2.05, 4.69) is 5.32 Å². The van der Waals surface area contributed by atoms with Crippen LogP contribution in [0.25, 0.3) is 0 Å². The highest BCUT2D eigenvalue weighted by atomic mass is 31.2. The molecule has 0 radical (unpaired) electrons. The third-order valence-electron chi connectivity index (χ3n) is 1.36. The Labute approximate surface area is 76.1 Å². The first-order chi connectivity index (χ1) is 5.80. The molecule has 0 saturated carbocycles. The van der Waals surface area contributed by atoms with Crippen LogP contribution in [0.1, 0.15) is 12.8 Å². The number of hydrogen-bond donors (Lipinski definition) is 4. The number of aliphatic carboxylic acids is 1. The molecular weight excluding hydrogens is 197 g/mol. The predicted octanol–water partition coefficient (Wildman–Crippen LogP) is -0.383. The quantitative estimate of drug-likeness (QED) is 0.440. The van der Waals surface area contributed by atoms with E-state index in [1.807, 2.05) is 0 Å². The number of carboxylic acid groups (broad SMARTS) is 1. The molecule has 1 aliphatic heterocycles. The molecule has 0 spiro atoms. The van der Waals surface area contributed by atoms with Gasteiger partial charge in [-0.1, -0.05) is 0 Å². The van der Waals surface area contributed by atoms with Crippen molar-refractivity contribution in [3.63, 3.8) is 0 Å². The van der Waals surface area contributed by atoms with E-state index in [0.29, 0.717) is 0 Å². The Morgan fingerprint density at radius 1 is 1.54 bits per heavy atom. The molecule has 13 heavy (non-hydrogen) atoms. The highest BCUT2D eigenvalue weighted by Crippen LogP contribution is 2.26. The summed E-state index contributed by atoms with van der Waals surface area (Å²) >= 11 is 0. The average Bonchev–Trinajstić information content (AvgIpc) is 2.31. The second kappa shape index (κ2) is 5.34. The normalized spacial score (nSPS) is 21.9. The summed E-state index contributed by atoms with van der Waals surface area (Å²) in [5.41, 5.74) is 0. The molecule has 1 aliphatic rings. The van der Waals surface area contributed by atoms with Gasteiger partial charge in [0, 0.05) is 6.66 Å². The van der Waals surface area contributed by atoms with Crippen LogP contribution in [0.5, 0.6) is 0 Å². The maximum absolute atomic E-state index is 10.1. The van der Waals surface area contributed by atoms with Gasteiger partial charge >= 0.3 is 13.6 Å². The van der Waals surface area contributed by atoms with Crippen molar-refractivity contribution in [1.82, 2.24) is 5.32 Å². The predicted molar refractivity (Wildman–Crippen MR) is 46.6 cm³/mol. The summed E-state index contributed by atoms with van der Waals surface area (Å²) in [6.07, 6.45) is 1.78. The maximum atomic E-state index is 10.1. The van der Waals surface area contributed by atoms with Crippen LogP contribution >= 0.6 is 7.60 Å². The Morgan fingerprint density at radius 3 is 2.15 bits per heavy atom. The SMILES string of the molecule is CP(=O)(O)O.O=C(O)[C@@H]1CCCN1. The number of carboxylic acids is 1. The molecule has 0 bridgehead atoms. The summed E-state index contributed by atoms with van der Waals surface area (Å²) in [7, 11) is -3.64. The van der Waals surface area contributed by atoms with Crippen LogP contribution in [-0.2, 0) is 9.36 Å². The van der Waals surface area contributed by atoms with Crippen LogP contribution in [0.3, 0.4) is 0 Å². The van der Waals surface area contributed by atoms with Gasteiger partial charge in [0.1, 0.15) is 6.04 Å². The fourth-order valence-corrected chi connectivity index (χ4v) is 0.895. The van der Waals surface area contributed by atoms with Crippen LogP contribution in [0, 0.1) is 0 Å². The molecule has 0 aromatic heterocycles. The second-order valence-corrected chi connectivity index (χ2v) is 4.49. The van der Waals surface area contributed by atoms with Crippen LogP contribution in [0.2, 0.25) is 0 Å². The van der Waals surface area contributed by atoms with Gasteiger partial charge in [0.15, 0.2) is 0 Å². The van der Waals surface area contributed by atoms with Gasteiger partial charge in [-0.05, 0) is 19.4 Å². The summed E-state index contributed by atoms with van der Waals surface area (Å²) < 4.78 is 9.33. The number of rotatable bonds is 1.